The number of carbonyl (C=O) groups excluding carboxylic acids is 1. The molecule has 1 aliphatic rings. The Hall–Kier alpha value is -0.551. The van der Waals surface area contributed by atoms with E-state index in [4.69, 9.17) is 0 Å². The molecule has 0 spiro atoms. The van der Waals surface area contributed by atoms with E-state index >= 15 is 0 Å². The third-order valence-corrected chi connectivity index (χ3v) is 2.15. The fraction of sp³-hybridized carbons (Fsp3) is 0.143. The van der Waals surface area contributed by atoms with E-state index in [1.807, 2.05) is 12.2 Å². The number of rotatable bonds is 2. The predicted octanol–water partition coefficient (Wildman–Crippen LogP) is 1.26. The fourth-order valence-electron chi connectivity index (χ4n) is 0.594. The summed E-state index contributed by atoms with van der Waals surface area (Å²) >= 11 is 0.508. The fourth-order valence-corrected chi connectivity index (χ4v) is 1.39. The van der Waals surface area contributed by atoms with Gasteiger partial charge in [0.25, 0.3) is 0 Å². The van der Waals surface area contributed by atoms with Gasteiger partial charge >= 0.3 is 59.8 Å². The van der Waals surface area contributed by atoms with Crippen molar-refractivity contribution in [1.82, 2.24) is 0 Å². The molecule has 0 unspecified atom stereocenters. The van der Waals surface area contributed by atoms with Crippen LogP contribution in [-0.2, 0) is 19.8 Å². The van der Waals surface area contributed by atoms with Crippen LogP contribution in [0.2, 0.25) is 0 Å². The molecule has 2 heteroatoms. The molecule has 1 aliphatic carbocycles. The zero-order chi connectivity index (χ0) is 6.53. The van der Waals surface area contributed by atoms with Crippen molar-refractivity contribution in [2.45, 2.75) is 6.42 Å². The second kappa shape index (κ2) is 3.47. The maximum atomic E-state index is 9.74. The summed E-state index contributed by atoms with van der Waals surface area (Å²) < 4.78 is 1.32. The molecule has 0 bridgehead atoms. The quantitative estimate of drug-likeness (QED) is 0.440. The SMILES string of the molecule is O=C=[CH][Mn][C]1=CC=CC1. The van der Waals surface area contributed by atoms with Crippen molar-refractivity contribution < 1.29 is 19.8 Å². The molecule has 0 radical (unpaired) electrons. The molecule has 0 N–H and O–H groups in total. The van der Waals surface area contributed by atoms with Gasteiger partial charge in [-0.3, -0.25) is 0 Å². The molecule has 1 nitrogen and oxygen atoms in total. The number of hydrogen-bond acceptors (Lipinski definition) is 1. The van der Waals surface area contributed by atoms with Gasteiger partial charge < -0.3 is 0 Å². The molecule has 0 aromatic heterocycles. The van der Waals surface area contributed by atoms with E-state index in [1.165, 1.54) is 4.47 Å². The average molecular weight is 161 g/mol. The summed E-state index contributed by atoms with van der Waals surface area (Å²) in [5.74, 6) is 1.76. The first-order valence-corrected chi connectivity index (χ1v) is 3.89. The molecule has 1 rings (SSSR count). The van der Waals surface area contributed by atoms with Gasteiger partial charge in [0.05, 0.1) is 0 Å². The van der Waals surface area contributed by atoms with E-state index in [-0.39, 0.29) is 0 Å². The molecular weight excluding hydrogens is 155 g/mol. The Kier molecular flexibility index (Phi) is 2.53. The Morgan fingerprint density at radius 3 is 3.22 bits per heavy atom. The zero-order valence-corrected chi connectivity index (χ0v) is 5.98. The van der Waals surface area contributed by atoms with E-state index in [0.717, 1.165) is 6.42 Å². The molecule has 0 fully saturated rings. The van der Waals surface area contributed by atoms with Gasteiger partial charge in [0.15, 0.2) is 0 Å². The van der Waals surface area contributed by atoms with Crippen LogP contribution >= 0.6 is 0 Å². The maximum absolute atomic E-state index is 9.74. The molecule has 47 valence electrons. The van der Waals surface area contributed by atoms with Gasteiger partial charge in [-0.25, -0.2) is 0 Å². The Morgan fingerprint density at radius 2 is 2.67 bits per heavy atom. The summed E-state index contributed by atoms with van der Waals surface area (Å²) in [7, 11) is 0. The molecule has 0 saturated heterocycles. The van der Waals surface area contributed by atoms with Crippen LogP contribution in [0.15, 0.2) is 27.7 Å². The first-order valence-electron chi connectivity index (χ1n) is 2.62. The molecule has 0 amide bonds. The first-order chi connectivity index (χ1) is 4.43. The van der Waals surface area contributed by atoms with E-state index in [0.29, 0.717) is 15.0 Å². The van der Waals surface area contributed by atoms with Gasteiger partial charge in [-0.2, -0.15) is 0 Å². The van der Waals surface area contributed by atoms with Gasteiger partial charge in [-0.15, -0.1) is 0 Å². The van der Waals surface area contributed by atoms with E-state index < -0.39 is 0 Å². The Bertz CT molecular complexity index is 197. The van der Waals surface area contributed by atoms with Crippen LogP contribution in [0.4, 0.5) is 0 Å². The van der Waals surface area contributed by atoms with Crippen LogP contribution in [0.3, 0.4) is 0 Å². The standard InChI is InChI=1S/C5H5.C2HO.Mn/c1-2-4-5-3-1;1-2-3;/h1-3H,4H2;1H;. The topological polar surface area (TPSA) is 17.1 Å². The third kappa shape index (κ3) is 2.03. The van der Waals surface area contributed by atoms with Crippen LogP contribution in [0, 0.1) is 0 Å². The second-order valence-corrected chi connectivity index (χ2v) is 3.02. The van der Waals surface area contributed by atoms with Crippen LogP contribution in [0.5, 0.6) is 0 Å². The second-order valence-electron chi connectivity index (χ2n) is 1.58. The molecule has 0 aliphatic heterocycles. The van der Waals surface area contributed by atoms with Gasteiger partial charge in [-0.05, 0) is 0 Å². The Labute approximate surface area is 60.3 Å². The summed E-state index contributed by atoms with van der Waals surface area (Å²) in [6, 6.07) is 0. The zero-order valence-electron chi connectivity index (χ0n) is 4.80. The summed E-state index contributed by atoms with van der Waals surface area (Å²) in [4.78, 5) is 11.3. The van der Waals surface area contributed by atoms with Gasteiger partial charge in [0, 0.05) is 0 Å². The number of allylic oxidation sites excluding steroid dienone is 4. The van der Waals surface area contributed by atoms with Crippen LogP contribution < -0.4 is 0 Å². The monoisotopic (exact) mass is 161 g/mol. The Balaban J connectivity index is 2.38. The predicted molar refractivity (Wildman–Crippen MR) is 32.1 cm³/mol. The minimum atomic E-state index is 0.508. The van der Waals surface area contributed by atoms with E-state index in [1.54, 1.807) is 10.9 Å². The van der Waals surface area contributed by atoms with Gasteiger partial charge in [-0.1, -0.05) is 0 Å². The average Bonchev–Trinajstić information content (AvgIpc) is 2.34. The van der Waals surface area contributed by atoms with Crippen molar-refractivity contribution in [3.63, 3.8) is 0 Å². The van der Waals surface area contributed by atoms with Crippen molar-refractivity contribution >= 4 is 5.94 Å². The molecule has 0 aromatic carbocycles. The molecule has 0 aromatic rings. The summed E-state index contributed by atoms with van der Waals surface area (Å²) in [5.41, 5.74) is 0. The molecule has 0 saturated carbocycles. The van der Waals surface area contributed by atoms with Crippen molar-refractivity contribution in [1.29, 1.82) is 0 Å². The third-order valence-electron chi connectivity index (χ3n) is 0.965. The molecule has 9 heavy (non-hydrogen) atoms. The molecular formula is C7H6MnO. The van der Waals surface area contributed by atoms with Crippen molar-refractivity contribution in [3.8, 4) is 0 Å². The van der Waals surface area contributed by atoms with Crippen molar-refractivity contribution in [2.24, 2.45) is 0 Å². The summed E-state index contributed by atoms with van der Waals surface area (Å²) in [5, 5.41) is 0. The van der Waals surface area contributed by atoms with Crippen molar-refractivity contribution in [3.05, 3.63) is 27.7 Å². The minimum absolute atomic E-state index is 0.508. The van der Waals surface area contributed by atoms with Crippen LogP contribution in [-0.4, -0.2) is 5.94 Å². The normalized spacial score (nSPS) is 14.9. The van der Waals surface area contributed by atoms with Crippen LogP contribution in [0.25, 0.3) is 0 Å². The van der Waals surface area contributed by atoms with Gasteiger partial charge in [0.1, 0.15) is 0 Å². The Morgan fingerprint density at radius 1 is 1.78 bits per heavy atom. The number of hydrogen-bond donors (Lipinski definition) is 0. The summed E-state index contributed by atoms with van der Waals surface area (Å²) in [6.07, 6.45) is 7.16. The summed E-state index contributed by atoms with van der Waals surface area (Å²) in [6.45, 7) is 0. The van der Waals surface area contributed by atoms with Crippen LogP contribution in [0.1, 0.15) is 6.42 Å². The molecule has 0 heterocycles. The molecule has 0 atom stereocenters. The van der Waals surface area contributed by atoms with Gasteiger partial charge in [0.2, 0.25) is 0 Å². The van der Waals surface area contributed by atoms with Crippen molar-refractivity contribution in [2.75, 3.05) is 0 Å². The first kappa shape index (κ1) is 6.57. The van der Waals surface area contributed by atoms with E-state index in [9.17, 15) is 4.79 Å². The van der Waals surface area contributed by atoms with E-state index in [2.05, 4.69) is 6.08 Å².